The second kappa shape index (κ2) is 6.16. The summed E-state index contributed by atoms with van der Waals surface area (Å²) in [6.45, 7) is 1.67. The van der Waals surface area contributed by atoms with Gasteiger partial charge in [0.15, 0.2) is 0 Å². The lowest BCUT2D eigenvalue weighted by atomic mass is 10.1. The highest BCUT2D eigenvalue weighted by molar-refractivity contribution is 5.48. The van der Waals surface area contributed by atoms with Gasteiger partial charge in [-0.05, 0) is 18.6 Å². The van der Waals surface area contributed by atoms with E-state index in [1.807, 2.05) is 18.2 Å². The number of nitrogens with zero attached hydrogens (tertiary/aromatic N) is 1. The average molecular weight is 273 g/mol. The van der Waals surface area contributed by atoms with Gasteiger partial charge in [0.25, 0.3) is 5.69 Å². The minimum absolute atomic E-state index is 0.0108. The topological polar surface area (TPSA) is 72.6 Å². The summed E-state index contributed by atoms with van der Waals surface area (Å²) in [7, 11) is 0. The lowest BCUT2D eigenvalue weighted by molar-refractivity contribution is -0.385. The van der Waals surface area contributed by atoms with Gasteiger partial charge >= 0.3 is 0 Å². The van der Waals surface area contributed by atoms with Crippen LogP contribution in [0.2, 0.25) is 0 Å². The Labute approximate surface area is 116 Å². The smallest absolute Gasteiger partial charge is 0.276 e. The highest BCUT2D eigenvalue weighted by Gasteiger charge is 2.15. The van der Waals surface area contributed by atoms with E-state index in [1.54, 1.807) is 31.2 Å². The van der Waals surface area contributed by atoms with E-state index >= 15 is 0 Å². The molecule has 0 bridgehead atoms. The highest BCUT2D eigenvalue weighted by atomic mass is 16.6. The van der Waals surface area contributed by atoms with E-state index in [0.29, 0.717) is 11.3 Å². The van der Waals surface area contributed by atoms with E-state index in [2.05, 4.69) is 0 Å². The van der Waals surface area contributed by atoms with Crippen molar-refractivity contribution in [2.24, 2.45) is 0 Å². The molecule has 0 aromatic heterocycles. The van der Waals surface area contributed by atoms with Crippen molar-refractivity contribution in [3.63, 3.8) is 0 Å². The molecule has 20 heavy (non-hydrogen) atoms. The zero-order valence-corrected chi connectivity index (χ0v) is 11.0. The average Bonchev–Trinajstić information content (AvgIpc) is 2.46. The number of nitro benzene ring substituents is 1. The fourth-order valence-electron chi connectivity index (χ4n) is 1.90. The van der Waals surface area contributed by atoms with Crippen LogP contribution in [0.4, 0.5) is 5.69 Å². The Balaban J connectivity index is 2.08. The van der Waals surface area contributed by atoms with Crippen LogP contribution in [0.25, 0.3) is 0 Å². The van der Waals surface area contributed by atoms with Crippen molar-refractivity contribution in [2.45, 2.75) is 13.0 Å². The van der Waals surface area contributed by atoms with Crippen molar-refractivity contribution < 1.29 is 14.8 Å². The molecule has 0 saturated heterocycles. The van der Waals surface area contributed by atoms with Gasteiger partial charge in [-0.1, -0.05) is 36.4 Å². The third-order valence-electron chi connectivity index (χ3n) is 3.03. The maximum Gasteiger partial charge on any atom is 0.276 e. The lowest BCUT2D eigenvalue weighted by Crippen LogP contribution is -2.10. The lowest BCUT2D eigenvalue weighted by Gasteiger charge is -2.14. The van der Waals surface area contributed by atoms with Crippen LogP contribution < -0.4 is 4.74 Å². The molecule has 1 N–H and O–H groups in total. The molecule has 0 aliphatic carbocycles. The molecule has 0 aliphatic heterocycles. The number of nitro groups is 1. The minimum atomic E-state index is -0.769. The van der Waals surface area contributed by atoms with Gasteiger partial charge in [0, 0.05) is 6.07 Å². The largest absolute Gasteiger partial charge is 0.490 e. The van der Waals surface area contributed by atoms with Crippen LogP contribution in [0.15, 0.2) is 48.5 Å². The van der Waals surface area contributed by atoms with Crippen molar-refractivity contribution >= 4 is 5.69 Å². The summed E-state index contributed by atoms with van der Waals surface area (Å²) >= 11 is 0. The van der Waals surface area contributed by atoms with Crippen LogP contribution >= 0.6 is 0 Å². The fraction of sp³-hybridized carbons (Fsp3) is 0.200. The van der Waals surface area contributed by atoms with E-state index < -0.39 is 11.0 Å². The molecule has 0 spiro atoms. The van der Waals surface area contributed by atoms with Crippen LogP contribution in [0.3, 0.4) is 0 Å². The Hall–Kier alpha value is -2.40. The molecule has 0 saturated carbocycles. The summed E-state index contributed by atoms with van der Waals surface area (Å²) in [6, 6.07) is 13.8. The molecule has 104 valence electrons. The normalized spacial score (nSPS) is 11.9. The highest BCUT2D eigenvalue weighted by Crippen LogP contribution is 2.27. The standard InChI is InChI=1S/C15H15NO4/c1-11-13(16(18)19)8-5-9-15(11)20-10-14(17)12-6-3-2-4-7-12/h2-9,14,17H,10H2,1H3. The summed E-state index contributed by atoms with van der Waals surface area (Å²) in [4.78, 5) is 10.4. The first-order valence-electron chi connectivity index (χ1n) is 6.19. The van der Waals surface area contributed by atoms with Crippen molar-refractivity contribution in [1.29, 1.82) is 0 Å². The Kier molecular flexibility index (Phi) is 4.32. The first-order chi connectivity index (χ1) is 9.59. The fourth-order valence-corrected chi connectivity index (χ4v) is 1.90. The van der Waals surface area contributed by atoms with Crippen LogP contribution in [-0.2, 0) is 0 Å². The third-order valence-corrected chi connectivity index (χ3v) is 3.03. The van der Waals surface area contributed by atoms with Crippen LogP contribution in [0, 0.1) is 17.0 Å². The van der Waals surface area contributed by atoms with Gasteiger partial charge in [-0.3, -0.25) is 10.1 Å². The molecule has 5 nitrogen and oxygen atoms in total. The summed E-state index contributed by atoms with van der Waals surface area (Å²) in [5.41, 5.74) is 1.21. The van der Waals surface area contributed by atoms with E-state index in [-0.39, 0.29) is 12.3 Å². The Bertz CT molecular complexity index is 598. The van der Waals surface area contributed by atoms with Gasteiger partial charge in [0.2, 0.25) is 0 Å². The number of aliphatic hydroxyl groups is 1. The molecular formula is C15H15NO4. The SMILES string of the molecule is Cc1c(OCC(O)c2ccccc2)cccc1[N+](=O)[O-]. The Morgan fingerprint density at radius 2 is 1.90 bits per heavy atom. The first-order valence-corrected chi connectivity index (χ1v) is 6.19. The van der Waals surface area contributed by atoms with Gasteiger partial charge < -0.3 is 9.84 Å². The molecule has 2 aromatic rings. The monoisotopic (exact) mass is 273 g/mol. The maximum atomic E-state index is 10.8. The molecule has 0 heterocycles. The molecule has 0 aliphatic rings. The molecule has 0 amide bonds. The van der Waals surface area contributed by atoms with Gasteiger partial charge in [-0.25, -0.2) is 0 Å². The second-order valence-corrected chi connectivity index (χ2v) is 4.39. The van der Waals surface area contributed by atoms with Gasteiger partial charge in [-0.15, -0.1) is 0 Å². The Morgan fingerprint density at radius 1 is 1.20 bits per heavy atom. The van der Waals surface area contributed by atoms with Crippen molar-refractivity contribution in [3.8, 4) is 5.75 Å². The number of hydrogen-bond acceptors (Lipinski definition) is 4. The summed E-state index contributed by atoms with van der Waals surface area (Å²) in [5.74, 6) is 0.411. The van der Waals surface area contributed by atoms with E-state index in [0.717, 1.165) is 5.56 Å². The quantitative estimate of drug-likeness (QED) is 0.671. The number of benzene rings is 2. The van der Waals surface area contributed by atoms with E-state index in [1.165, 1.54) is 6.07 Å². The summed E-state index contributed by atoms with van der Waals surface area (Å²) in [5, 5.41) is 20.8. The molecule has 0 fully saturated rings. The third kappa shape index (κ3) is 3.13. The van der Waals surface area contributed by atoms with Gasteiger partial charge in [0.1, 0.15) is 18.5 Å². The molecule has 0 radical (unpaired) electrons. The molecule has 1 unspecified atom stereocenters. The zero-order chi connectivity index (χ0) is 14.5. The molecular weight excluding hydrogens is 258 g/mol. The van der Waals surface area contributed by atoms with Crippen LogP contribution in [-0.4, -0.2) is 16.6 Å². The van der Waals surface area contributed by atoms with Crippen molar-refractivity contribution in [1.82, 2.24) is 0 Å². The summed E-state index contributed by atoms with van der Waals surface area (Å²) < 4.78 is 5.49. The minimum Gasteiger partial charge on any atom is -0.490 e. The number of ether oxygens (including phenoxy) is 1. The Morgan fingerprint density at radius 3 is 2.55 bits per heavy atom. The molecule has 1 atom stereocenters. The van der Waals surface area contributed by atoms with E-state index in [4.69, 9.17) is 4.74 Å². The molecule has 2 aromatic carbocycles. The van der Waals surface area contributed by atoms with Gasteiger partial charge in [0.05, 0.1) is 10.5 Å². The predicted octanol–water partition coefficient (Wildman–Crippen LogP) is 3.02. The first kappa shape index (κ1) is 14.0. The number of hydrogen-bond donors (Lipinski definition) is 1. The van der Waals surface area contributed by atoms with Gasteiger partial charge in [-0.2, -0.15) is 0 Å². The summed E-state index contributed by atoms with van der Waals surface area (Å²) in [6.07, 6.45) is -0.769. The van der Waals surface area contributed by atoms with Crippen LogP contribution in [0.5, 0.6) is 5.75 Å². The van der Waals surface area contributed by atoms with Crippen LogP contribution in [0.1, 0.15) is 17.2 Å². The number of aliphatic hydroxyl groups excluding tert-OH is 1. The molecule has 5 heteroatoms. The van der Waals surface area contributed by atoms with Crippen molar-refractivity contribution in [3.05, 3.63) is 69.8 Å². The second-order valence-electron chi connectivity index (χ2n) is 4.39. The predicted molar refractivity (Wildman–Crippen MR) is 74.7 cm³/mol. The van der Waals surface area contributed by atoms with Crippen molar-refractivity contribution in [2.75, 3.05) is 6.61 Å². The molecule has 2 rings (SSSR count). The van der Waals surface area contributed by atoms with E-state index in [9.17, 15) is 15.2 Å². The maximum absolute atomic E-state index is 10.8. The zero-order valence-electron chi connectivity index (χ0n) is 11.0. The number of rotatable bonds is 5.